The van der Waals surface area contributed by atoms with E-state index in [1.54, 1.807) is 26.0 Å². The molecule has 0 atom stereocenters. The van der Waals surface area contributed by atoms with Gasteiger partial charge in [0.25, 0.3) is 0 Å². The molecule has 5 nitrogen and oxygen atoms in total. The summed E-state index contributed by atoms with van der Waals surface area (Å²) in [7, 11) is 0. The van der Waals surface area contributed by atoms with Gasteiger partial charge in [0.1, 0.15) is 5.78 Å². The summed E-state index contributed by atoms with van der Waals surface area (Å²) in [5, 5.41) is 2.72. The molecule has 0 radical (unpaired) electrons. The number of allylic oxidation sites excluding steroid dienone is 2. The third kappa shape index (κ3) is 4.71. The molecule has 0 unspecified atom stereocenters. The zero-order valence-electron chi connectivity index (χ0n) is 13.6. The summed E-state index contributed by atoms with van der Waals surface area (Å²) in [6, 6.07) is 5.64. The van der Waals surface area contributed by atoms with Crippen molar-refractivity contribution in [3.8, 4) is 11.5 Å². The number of Topliss-reactive ketones (excluding diaryl/α,β-unsaturated/α-hetero) is 1. The van der Waals surface area contributed by atoms with Crippen LogP contribution >= 0.6 is 0 Å². The smallest absolute Gasteiger partial charge is 0.244 e. The normalized spacial score (nSPS) is 13.7. The van der Waals surface area contributed by atoms with Crippen molar-refractivity contribution in [1.29, 1.82) is 0 Å². The maximum Gasteiger partial charge on any atom is 0.244 e. The van der Waals surface area contributed by atoms with Gasteiger partial charge in [0.15, 0.2) is 11.5 Å². The van der Waals surface area contributed by atoms with E-state index >= 15 is 0 Å². The molecule has 1 heterocycles. The third-order valence-electron chi connectivity index (χ3n) is 3.70. The molecular formula is C18H21NO4. The summed E-state index contributed by atoms with van der Waals surface area (Å²) in [6.07, 6.45) is 6.72. The van der Waals surface area contributed by atoms with Crippen LogP contribution in [0, 0.1) is 5.41 Å². The van der Waals surface area contributed by atoms with E-state index in [1.165, 1.54) is 13.0 Å². The molecule has 23 heavy (non-hydrogen) atoms. The van der Waals surface area contributed by atoms with Crippen molar-refractivity contribution in [3.63, 3.8) is 0 Å². The van der Waals surface area contributed by atoms with Crippen molar-refractivity contribution in [2.45, 2.75) is 20.8 Å². The van der Waals surface area contributed by atoms with Gasteiger partial charge in [-0.2, -0.15) is 0 Å². The van der Waals surface area contributed by atoms with Crippen LogP contribution in [0.1, 0.15) is 26.3 Å². The Morgan fingerprint density at radius 3 is 2.70 bits per heavy atom. The first kappa shape index (κ1) is 16.8. The van der Waals surface area contributed by atoms with E-state index in [9.17, 15) is 9.59 Å². The quantitative estimate of drug-likeness (QED) is 0.647. The Hall–Kier alpha value is -2.56. The minimum atomic E-state index is -0.550. The average molecular weight is 315 g/mol. The van der Waals surface area contributed by atoms with E-state index in [-0.39, 0.29) is 18.5 Å². The highest BCUT2D eigenvalue weighted by Crippen LogP contribution is 2.32. The van der Waals surface area contributed by atoms with Gasteiger partial charge in [-0.3, -0.25) is 9.59 Å². The lowest BCUT2D eigenvalue weighted by molar-refractivity contribution is -0.125. The summed E-state index contributed by atoms with van der Waals surface area (Å²) < 4.78 is 10.5. The van der Waals surface area contributed by atoms with Crippen LogP contribution in [-0.2, 0) is 9.59 Å². The molecule has 1 aromatic rings. The Morgan fingerprint density at radius 2 is 1.96 bits per heavy atom. The zero-order chi connectivity index (χ0) is 16.9. The molecule has 0 fully saturated rings. The summed E-state index contributed by atoms with van der Waals surface area (Å²) in [4.78, 5) is 23.1. The molecule has 122 valence electrons. The highest BCUT2D eigenvalue weighted by atomic mass is 16.7. The SMILES string of the molecule is CC(=O)C(C)(C)CNC(=O)/C=C/C=C\c1ccc2c(c1)OCO2. The fraction of sp³-hybridized carbons (Fsp3) is 0.333. The Labute approximate surface area is 136 Å². The summed E-state index contributed by atoms with van der Waals surface area (Å²) in [6.45, 7) is 5.70. The van der Waals surface area contributed by atoms with Crippen LogP contribution in [0.2, 0.25) is 0 Å². The highest BCUT2D eigenvalue weighted by Gasteiger charge is 2.23. The van der Waals surface area contributed by atoms with Gasteiger partial charge < -0.3 is 14.8 Å². The minimum Gasteiger partial charge on any atom is -0.454 e. The number of ketones is 1. The van der Waals surface area contributed by atoms with Crippen molar-refractivity contribution < 1.29 is 19.1 Å². The molecule has 1 amide bonds. The summed E-state index contributed by atoms with van der Waals surface area (Å²) in [5.74, 6) is 1.28. The van der Waals surface area contributed by atoms with Crippen LogP contribution in [0.15, 0.2) is 36.4 Å². The molecule has 0 aromatic heterocycles. The van der Waals surface area contributed by atoms with Gasteiger partial charge in [0.2, 0.25) is 12.7 Å². The van der Waals surface area contributed by atoms with Crippen LogP contribution in [-0.4, -0.2) is 25.0 Å². The molecule has 1 aliphatic rings. The Balaban J connectivity index is 1.84. The van der Waals surface area contributed by atoms with Gasteiger partial charge >= 0.3 is 0 Å². The zero-order valence-corrected chi connectivity index (χ0v) is 13.6. The first-order valence-electron chi connectivity index (χ1n) is 7.42. The number of benzene rings is 1. The van der Waals surface area contributed by atoms with Crippen LogP contribution in [0.3, 0.4) is 0 Å². The van der Waals surface area contributed by atoms with E-state index in [2.05, 4.69) is 5.32 Å². The number of ether oxygens (including phenoxy) is 2. The van der Waals surface area contributed by atoms with E-state index in [0.29, 0.717) is 6.54 Å². The number of carbonyl (C=O) groups is 2. The fourth-order valence-electron chi connectivity index (χ4n) is 1.82. The number of hydrogen-bond acceptors (Lipinski definition) is 4. The highest BCUT2D eigenvalue weighted by molar-refractivity contribution is 5.89. The molecule has 0 spiro atoms. The van der Waals surface area contributed by atoms with E-state index in [0.717, 1.165) is 17.1 Å². The van der Waals surface area contributed by atoms with Gasteiger partial charge in [-0.15, -0.1) is 0 Å². The van der Waals surface area contributed by atoms with Crippen LogP contribution < -0.4 is 14.8 Å². The molecular weight excluding hydrogens is 294 g/mol. The largest absolute Gasteiger partial charge is 0.454 e. The van der Waals surface area contributed by atoms with Crippen LogP contribution in [0.5, 0.6) is 11.5 Å². The average Bonchev–Trinajstić information content (AvgIpc) is 2.97. The van der Waals surface area contributed by atoms with E-state index < -0.39 is 5.41 Å². The summed E-state index contributed by atoms with van der Waals surface area (Å²) in [5.41, 5.74) is 0.406. The predicted molar refractivity (Wildman–Crippen MR) is 88.2 cm³/mol. The Morgan fingerprint density at radius 1 is 1.22 bits per heavy atom. The van der Waals surface area contributed by atoms with Crippen molar-refractivity contribution in [3.05, 3.63) is 42.0 Å². The van der Waals surface area contributed by atoms with Gasteiger partial charge in [0.05, 0.1) is 0 Å². The molecule has 2 rings (SSSR count). The van der Waals surface area contributed by atoms with Crippen molar-refractivity contribution >= 4 is 17.8 Å². The third-order valence-corrected chi connectivity index (χ3v) is 3.70. The molecule has 0 saturated heterocycles. The topological polar surface area (TPSA) is 64.6 Å². The standard InChI is InChI=1S/C18H21NO4/c1-13(20)18(2,3)11-19-17(21)7-5-4-6-14-8-9-15-16(10-14)23-12-22-15/h4-10H,11-12H2,1-3H3,(H,19,21)/b6-4-,7-5+. The maximum atomic E-state index is 11.7. The lowest BCUT2D eigenvalue weighted by Gasteiger charge is -2.20. The van der Waals surface area contributed by atoms with Crippen molar-refractivity contribution in [2.24, 2.45) is 5.41 Å². The number of amides is 1. The predicted octanol–water partition coefficient (Wildman–Crippen LogP) is 2.72. The van der Waals surface area contributed by atoms with Gasteiger partial charge in [0, 0.05) is 18.0 Å². The second kappa shape index (κ2) is 7.13. The van der Waals surface area contributed by atoms with Crippen LogP contribution in [0.25, 0.3) is 6.08 Å². The van der Waals surface area contributed by atoms with E-state index in [1.807, 2.05) is 24.3 Å². The number of fused-ring (bicyclic) bond motifs is 1. The number of nitrogens with one attached hydrogen (secondary N) is 1. The molecule has 0 aliphatic carbocycles. The lowest BCUT2D eigenvalue weighted by Crippen LogP contribution is -2.37. The van der Waals surface area contributed by atoms with Gasteiger partial charge in [-0.1, -0.05) is 38.1 Å². The number of carbonyl (C=O) groups excluding carboxylic acids is 2. The first-order chi connectivity index (χ1) is 10.9. The first-order valence-corrected chi connectivity index (χ1v) is 7.42. The Bertz CT molecular complexity index is 659. The molecule has 1 N–H and O–H groups in total. The Kier molecular flexibility index (Phi) is 5.21. The van der Waals surface area contributed by atoms with Crippen molar-refractivity contribution in [1.82, 2.24) is 5.32 Å². The molecule has 5 heteroatoms. The van der Waals surface area contributed by atoms with Crippen molar-refractivity contribution in [2.75, 3.05) is 13.3 Å². The maximum absolute atomic E-state index is 11.7. The second-order valence-corrected chi connectivity index (χ2v) is 5.99. The summed E-state index contributed by atoms with van der Waals surface area (Å²) >= 11 is 0. The lowest BCUT2D eigenvalue weighted by atomic mass is 9.89. The number of rotatable bonds is 6. The molecule has 0 bridgehead atoms. The minimum absolute atomic E-state index is 0.0458. The fourth-order valence-corrected chi connectivity index (χ4v) is 1.82. The molecule has 0 saturated carbocycles. The number of hydrogen-bond donors (Lipinski definition) is 1. The second-order valence-electron chi connectivity index (χ2n) is 5.99. The van der Waals surface area contributed by atoms with Crippen LogP contribution in [0.4, 0.5) is 0 Å². The van der Waals surface area contributed by atoms with E-state index in [4.69, 9.17) is 9.47 Å². The van der Waals surface area contributed by atoms with Gasteiger partial charge in [-0.05, 0) is 24.6 Å². The monoisotopic (exact) mass is 315 g/mol. The molecule has 1 aromatic carbocycles. The molecule has 1 aliphatic heterocycles. The van der Waals surface area contributed by atoms with Gasteiger partial charge in [-0.25, -0.2) is 0 Å².